The van der Waals surface area contributed by atoms with Crippen LogP contribution in [-0.2, 0) is 4.79 Å². The minimum absolute atomic E-state index is 0.0148. The van der Waals surface area contributed by atoms with Gasteiger partial charge in [0.25, 0.3) is 0 Å². The molecule has 0 aromatic heterocycles. The Balaban J connectivity index is 1.98. The number of rotatable bonds is 3. The normalized spacial score (nSPS) is 24.8. The zero-order valence-electron chi connectivity index (χ0n) is 10.7. The lowest BCUT2D eigenvalue weighted by atomic mass is 9.96. The van der Waals surface area contributed by atoms with Gasteiger partial charge in [-0.1, -0.05) is 19.1 Å². The zero-order chi connectivity index (χ0) is 13.1. The molecule has 1 aromatic rings. The van der Waals surface area contributed by atoms with Gasteiger partial charge in [0.05, 0.1) is 12.0 Å². The van der Waals surface area contributed by atoms with Crippen molar-refractivity contribution >= 4 is 5.91 Å². The van der Waals surface area contributed by atoms with E-state index in [4.69, 9.17) is 0 Å². The third kappa shape index (κ3) is 2.88. The first kappa shape index (κ1) is 13.0. The summed E-state index contributed by atoms with van der Waals surface area (Å²) < 4.78 is 13.1. The van der Waals surface area contributed by atoms with E-state index in [2.05, 4.69) is 17.6 Å². The molecular formula is C14H19FN2O. The molecule has 0 bridgehead atoms. The molecule has 0 spiro atoms. The molecular weight excluding hydrogens is 231 g/mol. The Kier molecular flexibility index (Phi) is 3.97. The average Bonchev–Trinajstić information content (AvgIpc) is 2.75. The summed E-state index contributed by atoms with van der Waals surface area (Å²) in [5.74, 6) is 0.138. The topological polar surface area (TPSA) is 41.1 Å². The first-order valence-electron chi connectivity index (χ1n) is 6.34. The van der Waals surface area contributed by atoms with Gasteiger partial charge < -0.3 is 10.6 Å². The van der Waals surface area contributed by atoms with Crippen LogP contribution in [0.15, 0.2) is 24.3 Å². The number of halogens is 1. The minimum atomic E-state index is -0.274. The number of amides is 1. The fourth-order valence-electron chi connectivity index (χ4n) is 2.34. The second-order valence-corrected chi connectivity index (χ2v) is 5.03. The molecule has 3 atom stereocenters. The molecule has 0 unspecified atom stereocenters. The van der Waals surface area contributed by atoms with Crippen LogP contribution in [0.3, 0.4) is 0 Å². The zero-order valence-corrected chi connectivity index (χ0v) is 10.7. The minimum Gasteiger partial charge on any atom is -0.349 e. The summed E-state index contributed by atoms with van der Waals surface area (Å²) in [7, 11) is 0. The van der Waals surface area contributed by atoms with Crippen LogP contribution < -0.4 is 10.6 Å². The van der Waals surface area contributed by atoms with Crippen LogP contribution >= 0.6 is 0 Å². The Bertz CT molecular complexity index is 436. The van der Waals surface area contributed by atoms with E-state index in [1.54, 1.807) is 6.07 Å². The summed E-state index contributed by atoms with van der Waals surface area (Å²) in [4.78, 5) is 12.1. The van der Waals surface area contributed by atoms with Crippen LogP contribution in [0.5, 0.6) is 0 Å². The molecule has 18 heavy (non-hydrogen) atoms. The third-order valence-electron chi connectivity index (χ3n) is 3.56. The lowest BCUT2D eigenvalue weighted by Crippen LogP contribution is -2.35. The second-order valence-electron chi connectivity index (χ2n) is 5.03. The maximum Gasteiger partial charge on any atom is 0.225 e. The standard InChI is InChI=1S/C14H19FN2O/c1-9-7-16-8-13(9)14(18)17-10(2)11-4-3-5-12(15)6-11/h3-6,9-10,13,16H,7-8H2,1-2H3,(H,17,18)/t9-,10+,13-/m1/s1. The summed E-state index contributed by atoms with van der Waals surface area (Å²) in [6.07, 6.45) is 0. The summed E-state index contributed by atoms with van der Waals surface area (Å²) >= 11 is 0. The lowest BCUT2D eigenvalue weighted by molar-refractivity contribution is -0.126. The highest BCUT2D eigenvalue weighted by Gasteiger charge is 2.30. The van der Waals surface area contributed by atoms with E-state index in [0.717, 1.165) is 18.7 Å². The molecule has 3 nitrogen and oxygen atoms in total. The lowest BCUT2D eigenvalue weighted by Gasteiger charge is -2.19. The van der Waals surface area contributed by atoms with Gasteiger partial charge in [0.1, 0.15) is 5.82 Å². The van der Waals surface area contributed by atoms with E-state index in [9.17, 15) is 9.18 Å². The van der Waals surface area contributed by atoms with Gasteiger partial charge in [-0.2, -0.15) is 0 Å². The van der Waals surface area contributed by atoms with Crippen molar-refractivity contribution in [1.29, 1.82) is 0 Å². The molecule has 1 aliphatic heterocycles. The Morgan fingerprint density at radius 2 is 2.28 bits per heavy atom. The summed E-state index contributed by atoms with van der Waals surface area (Å²) in [6.45, 7) is 5.55. The molecule has 1 fully saturated rings. The summed E-state index contributed by atoms with van der Waals surface area (Å²) in [5.41, 5.74) is 0.793. The number of hydrogen-bond donors (Lipinski definition) is 2. The Labute approximate surface area is 107 Å². The summed E-state index contributed by atoms with van der Waals surface area (Å²) in [5, 5.41) is 6.15. The van der Waals surface area contributed by atoms with Gasteiger partial charge in [-0.3, -0.25) is 4.79 Å². The van der Waals surface area contributed by atoms with E-state index in [1.165, 1.54) is 12.1 Å². The first-order valence-corrected chi connectivity index (χ1v) is 6.34. The quantitative estimate of drug-likeness (QED) is 0.859. The van der Waals surface area contributed by atoms with Crippen molar-refractivity contribution < 1.29 is 9.18 Å². The van der Waals surface area contributed by atoms with Crippen molar-refractivity contribution in [1.82, 2.24) is 10.6 Å². The van der Waals surface area contributed by atoms with Crippen LogP contribution in [0.2, 0.25) is 0 Å². The van der Waals surface area contributed by atoms with E-state index in [1.807, 2.05) is 13.0 Å². The predicted octanol–water partition coefficient (Wildman–Crippen LogP) is 1.86. The number of nitrogens with one attached hydrogen (secondary N) is 2. The number of carbonyl (C=O) groups excluding carboxylic acids is 1. The molecule has 2 N–H and O–H groups in total. The highest BCUT2D eigenvalue weighted by molar-refractivity contribution is 5.80. The summed E-state index contributed by atoms with van der Waals surface area (Å²) in [6, 6.07) is 6.18. The van der Waals surface area contributed by atoms with Crippen molar-refractivity contribution in [3.05, 3.63) is 35.6 Å². The molecule has 1 aliphatic rings. The highest BCUT2D eigenvalue weighted by Crippen LogP contribution is 2.19. The molecule has 98 valence electrons. The van der Waals surface area contributed by atoms with Crippen molar-refractivity contribution in [2.24, 2.45) is 11.8 Å². The predicted molar refractivity (Wildman–Crippen MR) is 68.5 cm³/mol. The van der Waals surface area contributed by atoms with Gasteiger partial charge in [0, 0.05) is 6.54 Å². The molecule has 2 rings (SSSR count). The maximum atomic E-state index is 13.1. The van der Waals surface area contributed by atoms with Gasteiger partial charge in [-0.05, 0) is 37.1 Å². The number of benzene rings is 1. The van der Waals surface area contributed by atoms with E-state index in [0.29, 0.717) is 5.92 Å². The monoisotopic (exact) mass is 250 g/mol. The Morgan fingerprint density at radius 3 is 2.89 bits per heavy atom. The van der Waals surface area contributed by atoms with Crippen LogP contribution in [0, 0.1) is 17.7 Å². The van der Waals surface area contributed by atoms with Crippen molar-refractivity contribution in [2.75, 3.05) is 13.1 Å². The van der Waals surface area contributed by atoms with Gasteiger partial charge in [-0.15, -0.1) is 0 Å². The van der Waals surface area contributed by atoms with E-state index >= 15 is 0 Å². The largest absolute Gasteiger partial charge is 0.349 e. The van der Waals surface area contributed by atoms with Crippen LogP contribution in [0.25, 0.3) is 0 Å². The van der Waals surface area contributed by atoms with E-state index < -0.39 is 0 Å². The Hall–Kier alpha value is -1.42. The Morgan fingerprint density at radius 1 is 1.50 bits per heavy atom. The van der Waals surface area contributed by atoms with Crippen molar-refractivity contribution in [3.63, 3.8) is 0 Å². The van der Waals surface area contributed by atoms with E-state index in [-0.39, 0.29) is 23.7 Å². The molecule has 0 saturated carbocycles. The first-order chi connectivity index (χ1) is 8.58. The van der Waals surface area contributed by atoms with Gasteiger partial charge >= 0.3 is 0 Å². The smallest absolute Gasteiger partial charge is 0.225 e. The SMILES string of the molecule is C[C@H](NC(=O)[C@@H]1CNC[C@H]1C)c1cccc(F)c1. The molecule has 1 saturated heterocycles. The van der Waals surface area contributed by atoms with Crippen molar-refractivity contribution in [2.45, 2.75) is 19.9 Å². The second kappa shape index (κ2) is 5.48. The highest BCUT2D eigenvalue weighted by atomic mass is 19.1. The molecule has 1 amide bonds. The van der Waals surface area contributed by atoms with Crippen LogP contribution in [-0.4, -0.2) is 19.0 Å². The van der Waals surface area contributed by atoms with Crippen LogP contribution in [0.4, 0.5) is 4.39 Å². The number of hydrogen-bond acceptors (Lipinski definition) is 2. The molecule has 0 radical (unpaired) electrons. The average molecular weight is 250 g/mol. The molecule has 1 aromatic carbocycles. The molecule has 0 aliphatic carbocycles. The van der Waals surface area contributed by atoms with Gasteiger partial charge in [0.15, 0.2) is 0 Å². The fourth-order valence-corrected chi connectivity index (χ4v) is 2.34. The molecule has 1 heterocycles. The van der Waals surface area contributed by atoms with Crippen molar-refractivity contribution in [3.8, 4) is 0 Å². The van der Waals surface area contributed by atoms with Gasteiger partial charge in [0.2, 0.25) is 5.91 Å². The third-order valence-corrected chi connectivity index (χ3v) is 3.56. The van der Waals surface area contributed by atoms with Gasteiger partial charge in [-0.25, -0.2) is 4.39 Å². The molecule has 4 heteroatoms. The maximum absolute atomic E-state index is 13.1. The number of carbonyl (C=O) groups is 1. The van der Waals surface area contributed by atoms with Crippen LogP contribution in [0.1, 0.15) is 25.5 Å². The fraction of sp³-hybridized carbons (Fsp3) is 0.500.